The Morgan fingerprint density at radius 2 is 2.16 bits per heavy atom. The van der Waals surface area contributed by atoms with Gasteiger partial charge in [0.15, 0.2) is 0 Å². The van der Waals surface area contributed by atoms with E-state index in [1.54, 1.807) is 18.8 Å². The summed E-state index contributed by atoms with van der Waals surface area (Å²) in [5.41, 5.74) is 5.96. The third-order valence-corrected chi connectivity index (χ3v) is 5.50. The van der Waals surface area contributed by atoms with Crippen LogP contribution in [-0.2, 0) is 10.0 Å². The smallest absolute Gasteiger partial charge is 0.242 e. The van der Waals surface area contributed by atoms with Crippen LogP contribution in [0.15, 0.2) is 23.1 Å². The molecule has 19 heavy (non-hydrogen) atoms. The van der Waals surface area contributed by atoms with Crippen LogP contribution in [0.2, 0.25) is 5.02 Å². The highest BCUT2D eigenvalue weighted by atomic mass is 35.5. The van der Waals surface area contributed by atoms with Gasteiger partial charge < -0.3 is 5.73 Å². The molecule has 0 aromatic heterocycles. The quantitative estimate of drug-likeness (QED) is 0.803. The molecule has 8 heteroatoms. The van der Waals surface area contributed by atoms with Crippen molar-refractivity contribution in [2.75, 3.05) is 25.6 Å². The summed E-state index contributed by atoms with van der Waals surface area (Å²) in [5, 5.41) is 0.242. The molecule has 0 unspecified atom stereocenters. The average molecular weight is 339 g/mol. The number of nitrogens with two attached hydrogens (primary N) is 1. The fraction of sp³-hybridized carbons (Fsp3) is 0.364. The molecular formula is C11H15ClN2O2S3. The van der Waals surface area contributed by atoms with Crippen LogP contribution >= 0.6 is 35.6 Å². The summed E-state index contributed by atoms with van der Waals surface area (Å²) in [6.45, 7) is 0.443. The maximum Gasteiger partial charge on any atom is 0.242 e. The number of thioether (sulfide) groups is 1. The summed E-state index contributed by atoms with van der Waals surface area (Å²) in [5.74, 6) is 0.731. The van der Waals surface area contributed by atoms with Gasteiger partial charge in [-0.3, -0.25) is 0 Å². The zero-order valence-electron chi connectivity index (χ0n) is 10.6. The van der Waals surface area contributed by atoms with Crippen molar-refractivity contribution < 1.29 is 8.42 Å². The third-order valence-electron chi connectivity index (χ3n) is 2.52. The van der Waals surface area contributed by atoms with Crippen LogP contribution in [0.5, 0.6) is 0 Å². The molecule has 0 radical (unpaired) electrons. The first-order valence-electron chi connectivity index (χ1n) is 5.35. The lowest BCUT2D eigenvalue weighted by Gasteiger charge is -2.17. The molecule has 0 spiro atoms. The first-order valence-corrected chi connectivity index (χ1v) is 8.97. The van der Waals surface area contributed by atoms with Crippen molar-refractivity contribution in [3.05, 3.63) is 28.8 Å². The second kappa shape index (κ2) is 6.90. The molecule has 0 saturated carbocycles. The minimum Gasteiger partial charge on any atom is -0.389 e. The van der Waals surface area contributed by atoms with Gasteiger partial charge in [0.05, 0.1) is 9.92 Å². The predicted octanol–water partition coefficient (Wildman–Crippen LogP) is 1.96. The first-order chi connectivity index (χ1) is 8.80. The molecule has 0 atom stereocenters. The Hall–Kier alpha value is -0.340. The van der Waals surface area contributed by atoms with Crippen molar-refractivity contribution in [3.8, 4) is 0 Å². The molecular weight excluding hydrogens is 324 g/mol. The van der Waals surface area contributed by atoms with Crippen LogP contribution in [-0.4, -0.2) is 43.3 Å². The summed E-state index contributed by atoms with van der Waals surface area (Å²) < 4.78 is 25.8. The van der Waals surface area contributed by atoms with Crippen LogP contribution < -0.4 is 5.73 Å². The van der Waals surface area contributed by atoms with E-state index in [1.807, 2.05) is 6.26 Å². The number of halogens is 1. The van der Waals surface area contributed by atoms with Crippen LogP contribution in [0.1, 0.15) is 5.56 Å². The second-order valence-corrected chi connectivity index (χ2v) is 7.70. The van der Waals surface area contributed by atoms with E-state index in [4.69, 9.17) is 29.6 Å². The third kappa shape index (κ3) is 4.06. The Kier molecular flexibility index (Phi) is 6.07. The lowest BCUT2D eigenvalue weighted by Crippen LogP contribution is -2.29. The molecule has 1 aromatic carbocycles. The van der Waals surface area contributed by atoms with Gasteiger partial charge in [0, 0.05) is 24.9 Å². The van der Waals surface area contributed by atoms with Gasteiger partial charge >= 0.3 is 0 Å². The standard InChI is InChI=1S/C11H15ClN2O2S3/c1-14(5-6-18-2)19(15,16)8-3-4-9(11(13)17)10(12)7-8/h3-4,7H,5-6H2,1-2H3,(H2,13,17). The molecule has 106 valence electrons. The summed E-state index contributed by atoms with van der Waals surface area (Å²) in [4.78, 5) is 0.283. The van der Waals surface area contributed by atoms with Crippen molar-refractivity contribution >= 4 is 50.6 Å². The molecule has 0 bridgehead atoms. The Morgan fingerprint density at radius 3 is 2.63 bits per heavy atom. The van der Waals surface area contributed by atoms with Gasteiger partial charge in [-0.15, -0.1) is 0 Å². The van der Waals surface area contributed by atoms with Crippen LogP contribution in [0, 0.1) is 0 Å². The molecule has 0 saturated heterocycles. The van der Waals surface area contributed by atoms with Gasteiger partial charge in [0.2, 0.25) is 10.0 Å². The van der Waals surface area contributed by atoms with Crippen LogP contribution in [0.3, 0.4) is 0 Å². The van der Waals surface area contributed by atoms with Crippen molar-refractivity contribution in [1.82, 2.24) is 4.31 Å². The fourth-order valence-electron chi connectivity index (χ4n) is 1.38. The van der Waals surface area contributed by atoms with Crippen molar-refractivity contribution in [1.29, 1.82) is 0 Å². The lowest BCUT2D eigenvalue weighted by molar-refractivity contribution is 0.488. The Morgan fingerprint density at radius 1 is 1.53 bits per heavy atom. The molecule has 1 rings (SSSR count). The number of nitrogens with zero attached hydrogens (tertiary/aromatic N) is 1. The number of thiocarbonyl (C=S) groups is 1. The average Bonchev–Trinajstić information content (AvgIpc) is 2.35. The second-order valence-electron chi connectivity index (χ2n) is 3.83. The summed E-state index contributed by atoms with van der Waals surface area (Å²) in [6.07, 6.45) is 1.92. The van der Waals surface area contributed by atoms with Crippen molar-refractivity contribution in [3.63, 3.8) is 0 Å². The Labute approximate surface area is 128 Å². The number of hydrogen-bond acceptors (Lipinski definition) is 4. The van der Waals surface area contributed by atoms with Gasteiger partial charge in [-0.25, -0.2) is 12.7 Å². The van der Waals surface area contributed by atoms with Crippen molar-refractivity contribution in [2.24, 2.45) is 5.73 Å². The van der Waals surface area contributed by atoms with Gasteiger partial charge in [0.25, 0.3) is 0 Å². The zero-order valence-corrected chi connectivity index (χ0v) is 13.8. The van der Waals surface area contributed by atoms with E-state index < -0.39 is 10.0 Å². The van der Waals surface area contributed by atoms with Gasteiger partial charge in [-0.05, 0) is 24.5 Å². The monoisotopic (exact) mass is 338 g/mol. The number of benzene rings is 1. The molecule has 4 nitrogen and oxygen atoms in total. The van der Waals surface area contributed by atoms with E-state index in [2.05, 4.69) is 0 Å². The van der Waals surface area contributed by atoms with E-state index in [0.717, 1.165) is 5.75 Å². The van der Waals surface area contributed by atoms with Gasteiger partial charge in [-0.2, -0.15) is 11.8 Å². The molecule has 0 amide bonds. The highest BCUT2D eigenvalue weighted by Crippen LogP contribution is 2.23. The fourth-order valence-corrected chi connectivity index (χ4v) is 3.73. The maximum absolute atomic E-state index is 12.3. The highest BCUT2D eigenvalue weighted by Gasteiger charge is 2.21. The minimum atomic E-state index is -3.52. The summed E-state index contributed by atoms with van der Waals surface area (Å²) >= 11 is 12.4. The van der Waals surface area contributed by atoms with E-state index in [-0.39, 0.29) is 14.9 Å². The Balaban J connectivity index is 3.09. The SMILES string of the molecule is CSCCN(C)S(=O)(=O)c1ccc(C(N)=S)c(Cl)c1. The number of hydrogen-bond donors (Lipinski definition) is 1. The molecule has 0 fully saturated rings. The van der Waals surface area contributed by atoms with Crippen LogP contribution in [0.4, 0.5) is 0 Å². The van der Waals surface area contributed by atoms with E-state index in [9.17, 15) is 8.42 Å². The molecule has 2 N–H and O–H groups in total. The van der Waals surface area contributed by atoms with E-state index in [1.165, 1.54) is 22.5 Å². The molecule has 1 aromatic rings. The summed E-state index contributed by atoms with van der Waals surface area (Å²) in [7, 11) is -1.98. The van der Waals surface area contributed by atoms with Crippen molar-refractivity contribution in [2.45, 2.75) is 4.90 Å². The molecule has 0 aliphatic heterocycles. The highest BCUT2D eigenvalue weighted by molar-refractivity contribution is 7.98. The minimum absolute atomic E-state index is 0.140. The van der Waals surface area contributed by atoms with Gasteiger partial charge in [0.1, 0.15) is 4.99 Å². The normalized spacial score (nSPS) is 11.8. The number of rotatable bonds is 6. The number of sulfonamides is 1. The van der Waals surface area contributed by atoms with Crippen LogP contribution in [0.25, 0.3) is 0 Å². The van der Waals surface area contributed by atoms with Gasteiger partial charge in [-0.1, -0.05) is 23.8 Å². The largest absolute Gasteiger partial charge is 0.389 e. The molecule has 0 aliphatic carbocycles. The molecule has 0 heterocycles. The summed E-state index contributed by atoms with van der Waals surface area (Å²) in [6, 6.07) is 4.37. The lowest BCUT2D eigenvalue weighted by atomic mass is 10.2. The van der Waals surface area contributed by atoms with E-state index >= 15 is 0 Å². The van der Waals surface area contributed by atoms with E-state index in [0.29, 0.717) is 12.1 Å². The Bertz CT molecular complexity index is 575. The topological polar surface area (TPSA) is 63.4 Å². The molecule has 0 aliphatic rings. The zero-order chi connectivity index (χ0) is 14.6. The maximum atomic E-state index is 12.3. The predicted molar refractivity (Wildman–Crippen MR) is 85.5 cm³/mol. The first kappa shape index (κ1) is 16.7.